The number of nitrogens with one attached hydrogen (secondary N) is 1. The van der Waals surface area contributed by atoms with Crippen LogP contribution in [0.15, 0.2) is 85.2 Å². The molecular weight excluding hydrogens is 435 g/mol. The number of thiocarbonyl (C=S) groups is 1. The smallest absolute Gasteiger partial charge is 0.174 e. The predicted molar refractivity (Wildman–Crippen MR) is 131 cm³/mol. The Bertz CT molecular complexity index is 1290. The molecule has 1 aliphatic heterocycles. The molecule has 0 aliphatic carbocycles. The molecule has 7 heteroatoms. The van der Waals surface area contributed by atoms with Gasteiger partial charge in [-0.2, -0.15) is 0 Å². The van der Waals surface area contributed by atoms with Crippen LogP contribution < -0.4 is 15.0 Å². The fourth-order valence-corrected chi connectivity index (χ4v) is 4.67. The van der Waals surface area contributed by atoms with E-state index in [1.54, 1.807) is 26.3 Å². The average molecular weight is 459 g/mol. The van der Waals surface area contributed by atoms with Gasteiger partial charge in [-0.25, -0.2) is 4.39 Å². The third-order valence-corrected chi connectivity index (χ3v) is 6.27. The van der Waals surface area contributed by atoms with Gasteiger partial charge in [-0.05, 0) is 91.4 Å². The van der Waals surface area contributed by atoms with Crippen LogP contribution in [0.3, 0.4) is 0 Å². The molecule has 166 valence electrons. The Labute approximate surface area is 197 Å². The first-order valence-electron chi connectivity index (χ1n) is 10.7. The van der Waals surface area contributed by atoms with E-state index in [2.05, 4.69) is 25.8 Å². The second-order valence-corrected chi connectivity index (χ2v) is 8.32. The summed E-state index contributed by atoms with van der Waals surface area (Å²) >= 11 is 5.79. The molecular formula is C26H23FN4OS. The lowest BCUT2D eigenvalue weighted by atomic mass is 10.0. The van der Waals surface area contributed by atoms with Gasteiger partial charge in [0.2, 0.25) is 0 Å². The quantitative estimate of drug-likeness (QED) is 0.400. The first kappa shape index (κ1) is 21.2. The fourth-order valence-electron chi connectivity index (χ4n) is 4.33. The molecule has 33 heavy (non-hydrogen) atoms. The van der Waals surface area contributed by atoms with Crippen LogP contribution in [0.4, 0.5) is 10.1 Å². The summed E-state index contributed by atoms with van der Waals surface area (Å²) in [5.74, 6) is 0.558. The molecule has 2 aromatic carbocycles. The lowest BCUT2D eigenvalue weighted by molar-refractivity contribution is 0.414. The molecule has 1 saturated heterocycles. The summed E-state index contributed by atoms with van der Waals surface area (Å²) in [4.78, 5) is 6.66. The van der Waals surface area contributed by atoms with E-state index in [0.717, 1.165) is 28.5 Å². The van der Waals surface area contributed by atoms with E-state index >= 15 is 0 Å². The highest BCUT2D eigenvalue weighted by Crippen LogP contribution is 2.42. The Morgan fingerprint density at radius 2 is 1.79 bits per heavy atom. The maximum atomic E-state index is 14.1. The van der Waals surface area contributed by atoms with Gasteiger partial charge in [0.05, 0.1) is 18.8 Å². The minimum Gasteiger partial charge on any atom is -0.497 e. The number of nitrogens with zero attached hydrogens (tertiary/aromatic N) is 3. The average Bonchev–Trinajstić information content (AvgIpc) is 3.46. The van der Waals surface area contributed by atoms with Crippen LogP contribution in [0, 0.1) is 12.7 Å². The molecule has 3 heterocycles. The highest BCUT2D eigenvalue weighted by atomic mass is 32.1. The van der Waals surface area contributed by atoms with Crippen LogP contribution in [0.5, 0.6) is 5.75 Å². The number of ether oxygens (including phenoxy) is 1. The highest BCUT2D eigenvalue weighted by Gasteiger charge is 2.42. The van der Waals surface area contributed by atoms with Gasteiger partial charge in [-0.1, -0.05) is 6.07 Å². The number of anilines is 1. The van der Waals surface area contributed by atoms with Gasteiger partial charge in [0.15, 0.2) is 5.11 Å². The van der Waals surface area contributed by atoms with Gasteiger partial charge in [-0.3, -0.25) is 4.98 Å². The van der Waals surface area contributed by atoms with Crippen LogP contribution in [0.1, 0.15) is 29.0 Å². The number of aromatic nitrogens is 2. The molecule has 1 fully saturated rings. The molecule has 2 aromatic heterocycles. The molecule has 2 atom stereocenters. The number of hydrogen-bond acceptors (Lipinski definition) is 3. The van der Waals surface area contributed by atoms with E-state index in [9.17, 15) is 4.39 Å². The van der Waals surface area contributed by atoms with Crippen LogP contribution >= 0.6 is 12.2 Å². The first-order chi connectivity index (χ1) is 16.1. The number of aryl methyl sites for hydroxylation is 1. The van der Waals surface area contributed by atoms with E-state index in [4.69, 9.17) is 17.0 Å². The Morgan fingerprint density at radius 1 is 1.00 bits per heavy atom. The van der Waals surface area contributed by atoms with E-state index in [1.807, 2.05) is 60.8 Å². The van der Waals surface area contributed by atoms with Crippen LogP contribution in [0.25, 0.3) is 5.69 Å². The second kappa shape index (κ2) is 8.67. The van der Waals surface area contributed by atoms with E-state index in [0.29, 0.717) is 10.7 Å². The number of hydrogen-bond donors (Lipinski definition) is 1. The lowest BCUT2D eigenvalue weighted by Gasteiger charge is -2.29. The molecule has 0 amide bonds. The lowest BCUT2D eigenvalue weighted by Crippen LogP contribution is -2.30. The van der Waals surface area contributed by atoms with Gasteiger partial charge in [0, 0.05) is 29.5 Å². The van der Waals surface area contributed by atoms with Crippen molar-refractivity contribution in [1.82, 2.24) is 14.9 Å². The van der Waals surface area contributed by atoms with Gasteiger partial charge in [0.1, 0.15) is 17.6 Å². The largest absolute Gasteiger partial charge is 0.497 e. The monoisotopic (exact) mass is 458 g/mol. The van der Waals surface area contributed by atoms with E-state index in [1.165, 1.54) is 6.07 Å². The van der Waals surface area contributed by atoms with Crippen LogP contribution in [-0.4, -0.2) is 21.8 Å². The van der Waals surface area contributed by atoms with Crippen LogP contribution in [0.2, 0.25) is 0 Å². The highest BCUT2D eigenvalue weighted by molar-refractivity contribution is 7.80. The van der Waals surface area contributed by atoms with E-state index < -0.39 is 0 Å². The molecule has 0 spiro atoms. The summed E-state index contributed by atoms with van der Waals surface area (Å²) < 4.78 is 21.5. The topological polar surface area (TPSA) is 42.3 Å². The van der Waals surface area contributed by atoms with Gasteiger partial charge < -0.3 is 19.5 Å². The van der Waals surface area contributed by atoms with Crippen molar-refractivity contribution in [2.24, 2.45) is 0 Å². The molecule has 0 bridgehead atoms. The molecule has 0 saturated carbocycles. The van der Waals surface area contributed by atoms with Gasteiger partial charge in [0.25, 0.3) is 0 Å². The zero-order valence-electron chi connectivity index (χ0n) is 18.3. The molecule has 4 aromatic rings. The Balaban J connectivity index is 1.65. The minimum absolute atomic E-state index is 0.184. The normalized spacial score (nSPS) is 17.8. The third-order valence-electron chi connectivity index (χ3n) is 5.95. The standard InChI is InChI=1S/C26H23FN4OS/c1-17-16-19(10-13-21(17)27)31-25(24(29-26(31)33)22-6-3-4-14-28-22)23-7-5-15-30(23)18-8-11-20(32-2)12-9-18/h3-16,24-25H,1-2H3,(H,29,33)/t24-,25-/m0/s1. The zero-order chi connectivity index (χ0) is 22.9. The Morgan fingerprint density at radius 3 is 2.48 bits per heavy atom. The van der Waals surface area contributed by atoms with Crippen molar-refractivity contribution >= 4 is 23.0 Å². The summed E-state index contributed by atoms with van der Waals surface area (Å²) in [5.41, 5.74) is 4.32. The van der Waals surface area contributed by atoms with Crippen LogP contribution in [-0.2, 0) is 0 Å². The summed E-state index contributed by atoms with van der Waals surface area (Å²) in [6.07, 6.45) is 3.81. The number of pyridine rings is 1. The van der Waals surface area contributed by atoms with Crippen molar-refractivity contribution < 1.29 is 9.13 Å². The molecule has 0 unspecified atom stereocenters. The molecule has 5 nitrogen and oxygen atoms in total. The molecule has 1 aliphatic rings. The minimum atomic E-state index is -0.240. The molecule has 5 rings (SSSR count). The fraction of sp³-hybridized carbons (Fsp3) is 0.154. The van der Waals surface area contributed by atoms with Crippen molar-refractivity contribution in [2.45, 2.75) is 19.0 Å². The Kier molecular flexibility index (Phi) is 5.56. The number of rotatable bonds is 5. The molecule has 1 N–H and O–H groups in total. The van der Waals surface area contributed by atoms with Gasteiger partial charge >= 0.3 is 0 Å². The molecule has 0 radical (unpaired) electrons. The predicted octanol–water partition coefficient (Wildman–Crippen LogP) is 5.51. The Hall–Kier alpha value is -3.71. The summed E-state index contributed by atoms with van der Waals surface area (Å²) in [6, 6.07) is 22.6. The summed E-state index contributed by atoms with van der Waals surface area (Å²) in [5, 5.41) is 4.03. The number of methoxy groups -OCH3 is 1. The summed E-state index contributed by atoms with van der Waals surface area (Å²) in [6.45, 7) is 1.76. The van der Waals surface area contributed by atoms with Crippen molar-refractivity contribution in [3.8, 4) is 11.4 Å². The SMILES string of the molecule is COc1ccc(-n2cccc2[C@H]2[C@H](c3ccccn3)NC(=S)N2c2ccc(F)c(C)c2)cc1. The van der Waals surface area contributed by atoms with Gasteiger partial charge in [-0.15, -0.1) is 0 Å². The van der Waals surface area contributed by atoms with E-state index in [-0.39, 0.29) is 17.9 Å². The third kappa shape index (κ3) is 3.85. The zero-order valence-corrected chi connectivity index (χ0v) is 19.1. The first-order valence-corrected chi connectivity index (χ1v) is 11.1. The van der Waals surface area contributed by atoms with Crippen molar-refractivity contribution in [3.05, 3.63) is 108 Å². The number of halogens is 1. The number of benzene rings is 2. The maximum Gasteiger partial charge on any atom is 0.174 e. The van der Waals surface area contributed by atoms with Crippen molar-refractivity contribution in [3.63, 3.8) is 0 Å². The maximum absolute atomic E-state index is 14.1. The summed E-state index contributed by atoms with van der Waals surface area (Å²) in [7, 11) is 1.65. The second-order valence-electron chi connectivity index (χ2n) is 7.93. The van der Waals surface area contributed by atoms with Crippen molar-refractivity contribution in [1.29, 1.82) is 0 Å². The van der Waals surface area contributed by atoms with Crippen molar-refractivity contribution in [2.75, 3.05) is 12.0 Å².